The molecule has 0 unspecified atom stereocenters. The summed E-state index contributed by atoms with van der Waals surface area (Å²) in [6.07, 6.45) is 0. The molecule has 4 N–H and O–H groups in total. The highest BCUT2D eigenvalue weighted by molar-refractivity contribution is 6.31. The average Bonchev–Trinajstić information content (AvgIpc) is 2.57. The quantitative estimate of drug-likeness (QED) is 0.525. The molecule has 1 aromatic carbocycles. The largest absolute Gasteiger partial charge is 1.00 e. The zero-order valence-electron chi connectivity index (χ0n) is 7.95. The van der Waals surface area contributed by atoms with E-state index in [0.29, 0.717) is 5.02 Å². The van der Waals surface area contributed by atoms with Crippen molar-refractivity contribution in [1.29, 1.82) is 0 Å². The zero-order chi connectivity index (χ0) is 10.1. The Morgan fingerprint density at radius 3 is 2.87 bits per heavy atom. The fraction of sp³-hybridized carbons (Fsp3) is 0.125. The van der Waals surface area contributed by atoms with Gasteiger partial charge in [-0.2, -0.15) is 0 Å². The van der Waals surface area contributed by atoms with Crippen molar-refractivity contribution in [2.45, 2.75) is 6.92 Å². The summed E-state index contributed by atoms with van der Waals surface area (Å²) in [6.45, 7) is 1.91. The lowest BCUT2D eigenvalue weighted by Gasteiger charge is -2.10. The molecule has 0 saturated carbocycles. The van der Waals surface area contributed by atoms with Crippen LogP contribution in [0.5, 0.6) is 0 Å². The molecule has 82 valence electrons. The molecule has 0 atom stereocenters. The van der Waals surface area contributed by atoms with Crippen LogP contribution in [0, 0.1) is 6.92 Å². The van der Waals surface area contributed by atoms with Crippen LogP contribution in [-0.2, 0) is 4.84 Å². The van der Waals surface area contributed by atoms with Crippen molar-refractivity contribution in [3.05, 3.63) is 28.8 Å². The molecule has 15 heavy (non-hydrogen) atoms. The Bertz CT molecular complexity index is 396. The smallest absolute Gasteiger partial charge is 0.374 e. The summed E-state index contributed by atoms with van der Waals surface area (Å²) in [7, 11) is 0. The third kappa shape index (κ3) is 2.26. The van der Waals surface area contributed by atoms with Gasteiger partial charge in [-0.1, -0.05) is 27.9 Å². The second-order valence-corrected chi connectivity index (χ2v) is 3.30. The number of nitrogens with two attached hydrogens (primary N) is 2. The molecule has 0 fully saturated rings. The van der Waals surface area contributed by atoms with Gasteiger partial charge in [-0.15, -0.1) is 0 Å². The van der Waals surface area contributed by atoms with E-state index < -0.39 is 0 Å². The van der Waals surface area contributed by atoms with Gasteiger partial charge in [-0.3, -0.25) is 0 Å². The summed E-state index contributed by atoms with van der Waals surface area (Å²) < 4.78 is 0. The first-order valence-corrected chi connectivity index (χ1v) is 4.44. The second kappa shape index (κ2) is 4.57. The molecular weight excluding hydrogens is 239 g/mol. The number of anilines is 1. The van der Waals surface area contributed by atoms with E-state index in [9.17, 15) is 0 Å². The van der Waals surface area contributed by atoms with Gasteiger partial charge in [0.25, 0.3) is 0 Å². The van der Waals surface area contributed by atoms with E-state index in [-0.39, 0.29) is 18.4 Å². The number of nitrogens with zero attached hydrogens (tertiary/aromatic N) is 2. The van der Waals surface area contributed by atoms with E-state index in [2.05, 4.69) is 5.10 Å². The topological polar surface area (TPSA) is 67.5 Å². The normalized spacial score (nSPS) is 14.3. The highest BCUT2D eigenvalue weighted by Gasteiger charge is 2.21. The Morgan fingerprint density at radius 1 is 1.53 bits per heavy atom. The molecule has 0 spiro atoms. The van der Waals surface area contributed by atoms with Gasteiger partial charge in [0.05, 0.1) is 0 Å². The first-order valence-electron chi connectivity index (χ1n) is 4.07. The molecule has 1 aliphatic heterocycles. The molecule has 0 radical (unpaired) electrons. The van der Waals surface area contributed by atoms with Gasteiger partial charge in [-0.25, -0.2) is 4.84 Å². The van der Waals surface area contributed by atoms with E-state index in [1.54, 1.807) is 5.12 Å². The molecule has 1 aliphatic rings. The van der Waals surface area contributed by atoms with Crippen molar-refractivity contribution in [3.63, 3.8) is 0 Å². The number of rotatable bonds is 1. The molecule has 7 heteroatoms. The Labute approximate surface area is 98.2 Å². The standard InChI is InChI=1S/C8H9ClN4O.ClH/c1-5-6(9)3-2-4-7(5)13-11-8(10)14-12-13;/h2-4,12H,1H3,(H2,10,11);1H. The number of hydrogen-bond donors (Lipinski definition) is 2. The van der Waals surface area contributed by atoms with Crippen molar-refractivity contribution in [3.8, 4) is 0 Å². The van der Waals surface area contributed by atoms with Gasteiger partial charge in [0, 0.05) is 5.02 Å². The minimum absolute atomic E-state index is 0. The number of amidine groups is 1. The summed E-state index contributed by atoms with van der Waals surface area (Å²) in [4.78, 5) is 4.90. The Kier molecular flexibility index (Phi) is 3.62. The molecular formula is C8H10Cl2N4O. The number of benzene rings is 1. The summed E-state index contributed by atoms with van der Waals surface area (Å²) in [6, 6.07) is 5.69. The summed E-state index contributed by atoms with van der Waals surface area (Å²) in [5, 5.41) is 6.20. The van der Waals surface area contributed by atoms with Crippen LogP contribution >= 0.6 is 11.6 Å². The molecule has 2 rings (SSSR count). The number of hydrazone groups is 1. The summed E-state index contributed by atoms with van der Waals surface area (Å²) in [5.74, 6) is 0. The Hall–Kier alpha value is -1.17. The fourth-order valence-electron chi connectivity index (χ4n) is 1.21. The third-order valence-electron chi connectivity index (χ3n) is 1.97. The number of quaternary nitrogens is 1. The van der Waals surface area contributed by atoms with E-state index in [0.717, 1.165) is 11.3 Å². The highest BCUT2D eigenvalue weighted by atomic mass is 35.5. The van der Waals surface area contributed by atoms with Crippen molar-refractivity contribution in [2.75, 3.05) is 5.12 Å². The lowest BCUT2D eigenvalue weighted by molar-refractivity contribution is -0.868. The van der Waals surface area contributed by atoms with Gasteiger partial charge < -0.3 is 18.1 Å². The van der Waals surface area contributed by atoms with Gasteiger partial charge in [0.2, 0.25) is 0 Å². The van der Waals surface area contributed by atoms with Gasteiger partial charge >= 0.3 is 6.02 Å². The first-order chi connectivity index (χ1) is 6.68. The molecule has 5 nitrogen and oxygen atoms in total. The van der Waals surface area contributed by atoms with Crippen LogP contribution in [-0.4, -0.2) is 6.02 Å². The molecule has 0 bridgehead atoms. The minimum Gasteiger partial charge on any atom is -1.00 e. The molecule has 1 aromatic rings. The molecule has 0 aromatic heterocycles. The maximum Gasteiger partial charge on any atom is 0.374 e. The summed E-state index contributed by atoms with van der Waals surface area (Å²) >= 11 is 5.97. The predicted molar refractivity (Wildman–Crippen MR) is 53.3 cm³/mol. The van der Waals surface area contributed by atoms with E-state index in [1.807, 2.05) is 25.1 Å². The van der Waals surface area contributed by atoms with Crippen LogP contribution in [0.2, 0.25) is 5.02 Å². The van der Waals surface area contributed by atoms with Crippen LogP contribution < -0.4 is 28.8 Å². The van der Waals surface area contributed by atoms with Crippen molar-refractivity contribution >= 4 is 23.3 Å². The molecule has 0 amide bonds. The van der Waals surface area contributed by atoms with Crippen molar-refractivity contribution < 1.29 is 22.8 Å². The van der Waals surface area contributed by atoms with Gasteiger partial charge in [0.15, 0.2) is 0 Å². The van der Waals surface area contributed by atoms with Crippen LogP contribution in [0.15, 0.2) is 23.3 Å². The number of halogens is 2. The third-order valence-corrected chi connectivity index (χ3v) is 2.37. The van der Waals surface area contributed by atoms with Crippen LogP contribution in [0.3, 0.4) is 0 Å². The Morgan fingerprint density at radius 2 is 2.27 bits per heavy atom. The monoisotopic (exact) mass is 248 g/mol. The predicted octanol–water partition coefficient (Wildman–Crippen LogP) is -2.89. The average molecular weight is 249 g/mol. The second-order valence-electron chi connectivity index (χ2n) is 2.89. The SMILES string of the molecule is Cc1c(Cl)cccc1N1N=C(N)O[NH2+]1.[Cl-]. The van der Waals surface area contributed by atoms with Crippen LogP contribution in [0.1, 0.15) is 5.56 Å². The zero-order valence-corrected chi connectivity index (χ0v) is 9.46. The fourth-order valence-corrected chi connectivity index (χ4v) is 1.38. The minimum atomic E-state index is 0. The van der Waals surface area contributed by atoms with Gasteiger partial charge in [0.1, 0.15) is 5.69 Å². The first kappa shape index (κ1) is 11.9. The number of hydrogen-bond acceptors (Lipinski definition) is 4. The van der Waals surface area contributed by atoms with E-state index in [1.165, 1.54) is 5.59 Å². The highest BCUT2D eigenvalue weighted by Crippen LogP contribution is 2.24. The lowest BCUT2D eigenvalue weighted by atomic mass is 10.2. The maximum absolute atomic E-state index is 5.97. The van der Waals surface area contributed by atoms with Crippen molar-refractivity contribution in [1.82, 2.24) is 0 Å². The molecule has 0 aliphatic carbocycles. The lowest BCUT2D eigenvalue weighted by Crippen LogP contribution is -3.00. The molecule has 0 saturated heterocycles. The van der Waals surface area contributed by atoms with Crippen molar-refractivity contribution in [2.24, 2.45) is 10.8 Å². The van der Waals surface area contributed by atoms with E-state index >= 15 is 0 Å². The Balaban J connectivity index is 0.00000112. The maximum atomic E-state index is 5.97. The van der Waals surface area contributed by atoms with Crippen LogP contribution in [0.4, 0.5) is 5.69 Å². The van der Waals surface area contributed by atoms with Gasteiger partial charge in [-0.05, 0) is 30.2 Å². The van der Waals surface area contributed by atoms with E-state index in [4.69, 9.17) is 22.2 Å². The van der Waals surface area contributed by atoms with Crippen LogP contribution in [0.25, 0.3) is 0 Å². The summed E-state index contributed by atoms with van der Waals surface area (Å²) in [5.41, 5.74) is 8.61. The molecule has 1 heterocycles.